The monoisotopic (exact) mass is 408 g/mol. The first-order chi connectivity index (χ1) is 13.6. The number of halogens is 1. The minimum absolute atomic E-state index is 0.0360. The molecule has 2 fully saturated rings. The van der Waals surface area contributed by atoms with Crippen molar-refractivity contribution < 1.29 is 19.0 Å². The highest BCUT2D eigenvalue weighted by molar-refractivity contribution is 7.99. The van der Waals surface area contributed by atoms with E-state index in [9.17, 15) is 14.3 Å². The number of aromatic nitrogens is 2. The lowest BCUT2D eigenvalue weighted by molar-refractivity contribution is 0.132. The molecule has 0 bridgehead atoms. The lowest BCUT2D eigenvalue weighted by atomic mass is 9.97. The van der Waals surface area contributed by atoms with E-state index in [-0.39, 0.29) is 11.5 Å². The predicted molar refractivity (Wildman–Crippen MR) is 106 cm³/mol. The van der Waals surface area contributed by atoms with E-state index in [1.54, 1.807) is 17.8 Å². The van der Waals surface area contributed by atoms with E-state index in [2.05, 4.69) is 9.97 Å². The highest BCUT2D eigenvalue weighted by Crippen LogP contribution is 2.30. The van der Waals surface area contributed by atoms with Crippen LogP contribution in [-0.4, -0.2) is 46.2 Å². The third kappa shape index (κ3) is 4.67. The molecule has 2 N–H and O–H groups in total. The molecule has 0 amide bonds. The van der Waals surface area contributed by atoms with Crippen molar-refractivity contribution in [2.45, 2.75) is 49.2 Å². The summed E-state index contributed by atoms with van der Waals surface area (Å²) in [5.41, 5.74) is -0.149. The van der Waals surface area contributed by atoms with Gasteiger partial charge < -0.3 is 19.6 Å². The maximum absolute atomic E-state index is 14.5. The van der Waals surface area contributed by atoms with Gasteiger partial charge in [0, 0.05) is 29.9 Å². The summed E-state index contributed by atoms with van der Waals surface area (Å²) in [6.45, 7) is 1.86. The van der Waals surface area contributed by atoms with Gasteiger partial charge in [0.1, 0.15) is 22.8 Å². The number of benzene rings is 1. The van der Waals surface area contributed by atoms with E-state index in [0.29, 0.717) is 47.2 Å². The maximum Gasteiger partial charge on any atom is 0.261 e. The summed E-state index contributed by atoms with van der Waals surface area (Å²) in [6.07, 6.45) is 4.30. The van der Waals surface area contributed by atoms with Crippen LogP contribution < -0.4 is 10.3 Å². The number of aliphatic hydroxyl groups excluding tert-OH is 1. The third-order valence-corrected chi connectivity index (χ3v) is 6.78. The number of hydrogen-bond acceptors (Lipinski definition) is 6. The number of nitrogens with one attached hydrogen (secondary N) is 1. The van der Waals surface area contributed by atoms with Gasteiger partial charge in [-0.3, -0.25) is 4.79 Å². The molecule has 6 nitrogen and oxygen atoms in total. The van der Waals surface area contributed by atoms with Gasteiger partial charge >= 0.3 is 0 Å². The Morgan fingerprint density at radius 1 is 1.29 bits per heavy atom. The molecule has 1 aliphatic heterocycles. The predicted octanol–water partition coefficient (Wildman–Crippen LogP) is 3.01. The van der Waals surface area contributed by atoms with Crippen LogP contribution in [-0.2, 0) is 10.5 Å². The summed E-state index contributed by atoms with van der Waals surface area (Å²) >= 11 is 1.72. The molecule has 8 heteroatoms. The van der Waals surface area contributed by atoms with E-state index >= 15 is 0 Å². The minimum atomic E-state index is -0.621. The zero-order chi connectivity index (χ0) is 19.5. The molecule has 2 heterocycles. The first kappa shape index (κ1) is 19.7. The molecule has 1 saturated heterocycles. The number of fused-ring (bicyclic) bond motifs is 1. The summed E-state index contributed by atoms with van der Waals surface area (Å²) in [5, 5.41) is 10.0. The van der Waals surface area contributed by atoms with Gasteiger partial charge in [-0.05, 0) is 32.1 Å². The fraction of sp³-hybridized carbons (Fsp3) is 0.600. The SMILES string of the molecule is O=c1[nH]c(CSC2CCC(O)CC2)nc2cc(OC[C@H]3CCOC3)cc(F)c12. The Morgan fingerprint density at radius 3 is 2.86 bits per heavy atom. The van der Waals surface area contributed by atoms with Crippen molar-refractivity contribution in [3.8, 4) is 5.75 Å². The van der Waals surface area contributed by atoms with Gasteiger partial charge in [0.15, 0.2) is 0 Å². The normalized spacial score (nSPS) is 25.3. The lowest BCUT2D eigenvalue weighted by Gasteiger charge is -2.24. The fourth-order valence-corrected chi connectivity index (χ4v) is 4.87. The van der Waals surface area contributed by atoms with E-state index in [1.165, 1.54) is 6.07 Å². The number of ether oxygens (including phenoxy) is 2. The summed E-state index contributed by atoms with van der Waals surface area (Å²) in [5.74, 6) is 1.17. The van der Waals surface area contributed by atoms with E-state index in [0.717, 1.165) is 38.7 Å². The van der Waals surface area contributed by atoms with Crippen molar-refractivity contribution in [2.24, 2.45) is 5.92 Å². The summed E-state index contributed by atoms with van der Waals surface area (Å²) in [6, 6.07) is 2.88. The van der Waals surface area contributed by atoms with Crippen molar-refractivity contribution in [2.75, 3.05) is 19.8 Å². The van der Waals surface area contributed by atoms with E-state index < -0.39 is 11.4 Å². The van der Waals surface area contributed by atoms with Crippen molar-refractivity contribution in [3.05, 3.63) is 34.1 Å². The van der Waals surface area contributed by atoms with Crippen LogP contribution >= 0.6 is 11.8 Å². The van der Waals surface area contributed by atoms with Crippen LogP contribution in [0.3, 0.4) is 0 Å². The zero-order valence-electron chi connectivity index (χ0n) is 15.7. The minimum Gasteiger partial charge on any atom is -0.493 e. The number of aliphatic hydroxyl groups is 1. The van der Waals surface area contributed by atoms with Gasteiger partial charge in [0.2, 0.25) is 0 Å². The molecule has 1 atom stereocenters. The summed E-state index contributed by atoms with van der Waals surface area (Å²) in [7, 11) is 0. The van der Waals surface area contributed by atoms with Gasteiger partial charge in [-0.1, -0.05) is 0 Å². The second-order valence-corrected chi connectivity index (χ2v) is 8.88. The first-order valence-corrected chi connectivity index (χ1v) is 10.9. The molecule has 0 spiro atoms. The Labute approximate surface area is 166 Å². The van der Waals surface area contributed by atoms with Gasteiger partial charge in [-0.2, -0.15) is 11.8 Å². The highest BCUT2D eigenvalue weighted by atomic mass is 32.2. The Balaban J connectivity index is 1.48. The second kappa shape index (κ2) is 8.80. The topological polar surface area (TPSA) is 84.4 Å². The molecule has 2 aliphatic rings. The van der Waals surface area contributed by atoms with Crippen LogP contribution in [0.25, 0.3) is 10.9 Å². The molecule has 152 valence electrons. The molecule has 28 heavy (non-hydrogen) atoms. The number of hydrogen-bond donors (Lipinski definition) is 2. The van der Waals surface area contributed by atoms with Crippen molar-refractivity contribution in [1.29, 1.82) is 0 Å². The molecule has 0 unspecified atom stereocenters. The number of nitrogens with zero attached hydrogens (tertiary/aromatic N) is 1. The average molecular weight is 408 g/mol. The van der Waals surface area contributed by atoms with Gasteiger partial charge in [-0.15, -0.1) is 0 Å². The summed E-state index contributed by atoms with van der Waals surface area (Å²) in [4.78, 5) is 19.5. The molecule has 1 aliphatic carbocycles. The van der Waals surface area contributed by atoms with Crippen molar-refractivity contribution >= 4 is 22.7 Å². The fourth-order valence-electron chi connectivity index (χ4n) is 3.74. The molecule has 2 aromatic rings. The van der Waals surface area contributed by atoms with E-state index in [1.807, 2.05) is 0 Å². The maximum atomic E-state index is 14.5. The molecule has 0 radical (unpaired) electrons. The standard InChI is InChI=1S/C20H25FN2O4S/c21-16-7-14(27-10-12-5-6-26-9-12)8-17-19(16)20(25)23-18(22-17)11-28-15-3-1-13(24)2-4-15/h7-8,12-13,15,24H,1-6,9-11H2,(H,22,23,25)/t12-,13?,15?/m0/s1. The van der Waals surface area contributed by atoms with E-state index in [4.69, 9.17) is 9.47 Å². The summed E-state index contributed by atoms with van der Waals surface area (Å²) < 4.78 is 25.5. The Hall–Kier alpha value is -1.64. The van der Waals surface area contributed by atoms with Crippen LogP contribution in [0.1, 0.15) is 37.9 Å². The Morgan fingerprint density at radius 2 is 2.11 bits per heavy atom. The zero-order valence-corrected chi connectivity index (χ0v) is 16.5. The second-order valence-electron chi connectivity index (χ2n) is 7.59. The molecular weight excluding hydrogens is 383 g/mol. The third-order valence-electron chi connectivity index (χ3n) is 5.39. The van der Waals surface area contributed by atoms with Crippen LogP contribution in [0.4, 0.5) is 4.39 Å². The van der Waals surface area contributed by atoms with Crippen molar-refractivity contribution in [3.63, 3.8) is 0 Å². The molecule has 1 saturated carbocycles. The Bertz CT molecular complexity index is 876. The average Bonchev–Trinajstić information content (AvgIpc) is 3.19. The van der Waals surface area contributed by atoms with Crippen LogP contribution in [0.2, 0.25) is 0 Å². The molecule has 1 aromatic carbocycles. The number of H-pyrrole nitrogens is 1. The van der Waals surface area contributed by atoms with Gasteiger partial charge in [-0.25, -0.2) is 9.37 Å². The number of rotatable bonds is 6. The van der Waals surface area contributed by atoms with Crippen molar-refractivity contribution in [1.82, 2.24) is 9.97 Å². The quantitative estimate of drug-likeness (QED) is 0.764. The first-order valence-electron chi connectivity index (χ1n) is 9.81. The smallest absolute Gasteiger partial charge is 0.261 e. The lowest BCUT2D eigenvalue weighted by Crippen LogP contribution is -2.20. The largest absolute Gasteiger partial charge is 0.493 e. The Kier molecular flexibility index (Phi) is 6.18. The van der Waals surface area contributed by atoms with Gasteiger partial charge in [0.05, 0.1) is 30.6 Å². The van der Waals surface area contributed by atoms with Crippen LogP contribution in [0.15, 0.2) is 16.9 Å². The molecule has 4 rings (SSSR count). The molecular formula is C20H25FN2O4S. The number of aromatic amines is 1. The number of thioether (sulfide) groups is 1. The van der Waals surface area contributed by atoms with Crippen LogP contribution in [0, 0.1) is 11.7 Å². The molecule has 1 aromatic heterocycles. The van der Waals surface area contributed by atoms with Crippen LogP contribution in [0.5, 0.6) is 5.75 Å². The van der Waals surface area contributed by atoms with Gasteiger partial charge in [0.25, 0.3) is 5.56 Å². The highest BCUT2D eigenvalue weighted by Gasteiger charge is 2.21.